The number of hydrogen-bond donors (Lipinski definition) is 2. The fourth-order valence-corrected chi connectivity index (χ4v) is 2.50. The molecule has 0 radical (unpaired) electrons. The fraction of sp³-hybridized carbons (Fsp3) is 0.417. The van der Waals surface area contributed by atoms with Crippen LogP contribution in [0.5, 0.6) is 0 Å². The number of fused-ring (bicyclic) bond motifs is 1. The van der Waals surface area contributed by atoms with E-state index in [-0.39, 0.29) is 0 Å². The summed E-state index contributed by atoms with van der Waals surface area (Å²) in [5, 5.41) is 7.62. The van der Waals surface area contributed by atoms with Crippen LogP contribution in [0, 0.1) is 0 Å². The summed E-state index contributed by atoms with van der Waals surface area (Å²) >= 11 is 0. The Kier molecular flexibility index (Phi) is 2.71. The first kappa shape index (κ1) is 11.2. The van der Waals surface area contributed by atoms with E-state index >= 15 is 0 Å². The van der Waals surface area contributed by atoms with Crippen LogP contribution in [0.15, 0.2) is 18.5 Å². The van der Waals surface area contributed by atoms with Crippen molar-refractivity contribution in [3.05, 3.63) is 29.7 Å². The first-order chi connectivity index (χ1) is 8.77. The van der Waals surface area contributed by atoms with Gasteiger partial charge in [-0.15, -0.1) is 0 Å². The Balaban J connectivity index is 2.09. The van der Waals surface area contributed by atoms with Crippen LogP contribution in [-0.4, -0.2) is 33.6 Å². The van der Waals surface area contributed by atoms with Crippen molar-refractivity contribution in [2.24, 2.45) is 5.73 Å². The maximum absolute atomic E-state index is 11.3. The molecule has 2 aromatic rings. The predicted molar refractivity (Wildman–Crippen MR) is 66.3 cm³/mol. The lowest BCUT2D eigenvalue weighted by molar-refractivity contribution is 0.100. The van der Waals surface area contributed by atoms with Gasteiger partial charge in [0.2, 0.25) is 0 Å². The van der Waals surface area contributed by atoms with Crippen LogP contribution < -0.4 is 11.1 Å². The smallest absolute Gasteiger partial charge is 0.254 e. The fourth-order valence-electron chi connectivity index (χ4n) is 2.50. The second-order valence-corrected chi connectivity index (χ2v) is 4.57. The molecule has 1 saturated heterocycles. The first-order valence-electron chi connectivity index (χ1n) is 6.10. The third-order valence-electron chi connectivity index (χ3n) is 3.41. The summed E-state index contributed by atoms with van der Waals surface area (Å²) in [4.78, 5) is 15.5. The van der Waals surface area contributed by atoms with E-state index in [1.807, 2.05) is 6.07 Å². The highest BCUT2D eigenvalue weighted by molar-refractivity contribution is 5.98. The van der Waals surface area contributed by atoms with Gasteiger partial charge in [0.15, 0.2) is 5.65 Å². The highest BCUT2D eigenvalue weighted by Crippen LogP contribution is 2.23. The highest BCUT2D eigenvalue weighted by atomic mass is 16.1. The molecule has 6 heteroatoms. The maximum Gasteiger partial charge on any atom is 0.254 e. The highest BCUT2D eigenvalue weighted by Gasteiger charge is 2.20. The van der Waals surface area contributed by atoms with Gasteiger partial charge in [-0.05, 0) is 25.5 Å². The van der Waals surface area contributed by atoms with Crippen molar-refractivity contribution in [3.8, 4) is 0 Å². The van der Waals surface area contributed by atoms with Crippen LogP contribution in [0.3, 0.4) is 0 Å². The van der Waals surface area contributed by atoms with Crippen LogP contribution in [-0.2, 0) is 0 Å². The number of amides is 1. The van der Waals surface area contributed by atoms with Crippen LogP contribution in [0.4, 0.5) is 0 Å². The third kappa shape index (κ3) is 1.74. The first-order valence-corrected chi connectivity index (χ1v) is 6.10. The standard InChI is InChI=1S/C12H15N5O/c13-11(18)9-7-16-17-10(3-5-15-12(9)17)8-2-1-4-14-6-8/h3,5,7-8,14H,1-2,4,6H2,(H2,13,18)/t8-/m1/s1. The number of hydrogen-bond acceptors (Lipinski definition) is 4. The van der Waals surface area contributed by atoms with Crippen molar-refractivity contribution < 1.29 is 4.79 Å². The Morgan fingerprint density at radius 3 is 3.17 bits per heavy atom. The molecule has 6 nitrogen and oxygen atoms in total. The Morgan fingerprint density at radius 1 is 1.56 bits per heavy atom. The molecular weight excluding hydrogens is 230 g/mol. The summed E-state index contributed by atoms with van der Waals surface area (Å²) in [7, 11) is 0. The number of nitrogens with one attached hydrogen (secondary N) is 1. The maximum atomic E-state index is 11.3. The molecule has 1 amide bonds. The average molecular weight is 245 g/mol. The Hall–Kier alpha value is -1.95. The molecule has 0 saturated carbocycles. The van der Waals surface area contributed by atoms with Crippen LogP contribution in [0.25, 0.3) is 5.65 Å². The van der Waals surface area contributed by atoms with Gasteiger partial charge in [0, 0.05) is 18.7 Å². The van der Waals surface area contributed by atoms with E-state index in [1.54, 1.807) is 10.7 Å². The SMILES string of the molecule is NC(=O)c1cnn2c([C@@H]3CCCNC3)ccnc12. The third-order valence-corrected chi connectivity index (χ3v) is 3.41. The molecule has 2 aromatic heterocycles. The molecule has 1 fully saturated rings. The molecule has 3 rings (SSSR count). The molecular formula is C12H15N5O. The van der Waals surface area contributed by atoms with Gasteiger partial charge in [0.25, 0.3) is 5.91 Å². The number of carbonyl (C=O) groups excluding carboxylic acids is 1. The largest absolute Gasteiger partial charge is 0.365 e. The number of primary amides is 1. The van der Waals surface area contributed by atoms with Crippen molar-refractivity contribution in [2.75, 3.05) is 13.1 Å². The van der Waals surface area contributed by atoms with E-state index in [4.69, 9.17) is 5.73 Å². The summed E-state index contributed by atoms with van der Waals surface area (Å²) < 4.78 is 1.73. The number of aromatic nitrogens is 3. The Bertz CT molecular complexity index is 585. The minimum Gasteiger partial charge on any atom is -0.365 e. The van der Waals surface area contributed by atoms with E-state index in [0.717, 1.165) is 31.6 Å². The van der Waals surface area contributed by atoms with E-state index in [9.17, 15) is 4.79 Å². The van der Waals surface area contributed by atoms with Crippen molar-refractivity contribution in [1.29, 1.82) is 0 Å². The lowest BCUT2D eigenvalue weighted by Gasteiger charge is -2.23. The Labute approximate surface area is 104 Å². The molecule has 0 unspecified atom stereocenters. The van der Waals surface area contributed by atoms with Crippen LogP contribution >= 0.6 is 0 Å². The van der Waals surface area contributed by atoms with Gasteiger partial charge in [0.1, 0.15) is 5.56 Å². The van der Waals surface area contributed by atoms with E-state index < -0.39 is 5.91 Å². The van der Waals surface area contributed by atoms with Gasteiger partial charge < -0.3 is 11.1 Å². The molecule has 0 aliphatic carbocycles. The molecule has 1 atom stereocenters. The zero-order valence-electron chi connectivity index (χ0n) is 9.97. The monoisotopic (exact) mass is 245 g/mol. The zero-order valence-corrected chi connectivity index (χ0v) is 9.97. The molecule has 0 bridgehead atoms. The van der Waals surface area contributed by atoms with Gasteiger partial charge in [-0.2, -0.15) is 5.10 Å². The Morgan fingerprint density at radius 2 is 2.44 bits per heavy atom. The lowest BCUT2D eigenvalue weighted by Crippen LogP contribution is -2.29. The van der Waals surface area contributed by atoms with Gasteiger partial charge in [-0.3, -0.25) is 4.79 Å². The average Bonchev–Trinajstić information content (AvgIpc) is 2.83. The van der Waals surface area contributed by atoms with E-state index in [1.165, 1.54) is 6.20 Å². The molecule has 1 aliphatic heterocycles. The van der Waals surface area contributed by atoms with Gasteiger partial charge >= 0.3 is 0 Å². The minimum absolute atomic E-state index is 0.376. The summed E-state index contributed by atoms with van der Waals surface area (Å²) in [6, 6.07) is 1.96. The molecule has 18 heavy (non-hydrogen) atoms. The summed E-state index contributed by atoms with van der Waals surface area (Å²) in [6.45, 7) is 2.00. The lowest BCUT2D eigenvalue weighted by atomic mass is 9.96. The topological polar surface area (TPSA) is 85.3 Å². The van der Waals surface area contributed by atoms with Gasteiger partial charge in [-0.1, -0.05) is 0 Å². The van der Waals surface area contributed by atoms with Gasteiger partial charge in [0.05, 0.1) is 11.9 Å². The summed E-state index contributed by atoms with van der Waals surface area (Å²) in [6.07, 6.45) is 5.48. The normalized spacial score (nSPS) is 20.1. The van der Waals surface area contributed by atoms with Gasteiger partial charge in [-0.25, -0.2) is 9.50 Å². The quantitative estimate of drug-likeness (QED) is 0.796. The number of nitrogens with two attached hydrogens (primary N) is 1. The molecule has 3 heterocycles. The molecule has 0 aromatic carbocycles. The molecule has 94 valence electrons. The van der Waals surface area contributed by atoms with Crippen molar-refractivity contribution in [1.82, 2.24) is 19.9 Å². The predicted octanol–water partition coefficient (Wildman–Crippen LogP) is 0.295. The second kappa shape index (κ2) is 4.38. The zero-order chi connectivity index (χ0) is 12.5. The van der Waals surface area contributed by atoms with Crippen molar-refractivity contribution >= 4 is 11.6 Å². The molecule has 3 N–H and O–H groups in total. The van der Waals surface area contributed by atoms with E-state index in [2.05, 4.69) is 15.4 Å². The molecule has 0 spiro atoms. The van der Waals surface area contributed by atoms with Crippen molar-refractivity contribution in [3.63, 3.8) is 0 Å². The number of nitrogens with zero attached hydrogens (tertiary/aromatic N) is 3. The van der Waals surface area contributed by atoms with Crippen LogP contribution in [0.2, 0.25) is 0 Å². The summed E-state index contributed by atoms with van der Waals surface area (Å²) in [5.41, 5.74) is 7.31. The van der Waals surface area contributed by atoms with Crippen molar-refractivity contribution in [2.45, 2.75) is 18.8 Å². The second-order valence-electron chi connectivity index (χ2n) is 4.57. The summed E-state index contributed by atoms with van der Waals surface area (Å²) in [5.74, 6) is -0.0821. The molecule has 1 aliphatic rings. The number of carbonyl (C=O) groups is 1. The number of rotatable bonds is 2. The van der Waals surface area contributed by atoms with Crippen LogP contribution in [0.1, 0.15) is 34.8 Å². The number of piperidine rings is 1. The van der Waals surface area contributed by atoms with E-state index in [0.29, 0.717) is 17.1 Å². The minimum atomic E-state index is -0.489.